The number of amides is 1. The van der Waals surface area contributed by atoms with E-state index < -0.39 is 24.0 Å². The van der Waals surface area contributed by atoms with Crippen molar-refractivity contribution in [2.24, 2.45) is 0 Å². The highest BCUT2D eigenvalue weighted by atomic mass is 32.2. The number of likely N-dealkylation sites (N-methyl/N-ethyl adjacent to an activating group) is 1. The highest BCUT2D eigenvalue weighted by Crippen LogP contribution is 2.33. The molecule has 2 rings (SSSR count). The average Bonchev–Trinajstić information content (AvgIpc) is 3.14. The van der Waals surface area contributed by atoms with E-state index in [0.717, 1.165) is 18.2 Å². The number of carbonyl (C=O) groups is 2. The van der Waals surface area contributed by atoms with E-state index in [2.05, 4.69) is 5.32 Å². The lowest BCUT2D eigenvalue weighted by molar-refractivity contribution is -0.127. The Morgan fingerprint density at radius 1 is 1.43 bits per heavy atom. The minimum absolute atomic E-state index is 0.00537. The first kappa shape index (κ1) is 22.3. The van der Waals surface area contributed by atoms with Crippen LogP contribution in [0.25, 0.3) is 0 Å². The van der Waals surface area contributed by atoms with Gasteiger partial charge in [0.2, 0.25) is 5.91 Å². The SMILES string of the molecule is CNC1CCN(C(=O)CS[C@@H](Cc2ccc(OC)c(C(=O)O)c2O)B(O)O)C1. The Kier molecular flexibility index (Phi) is 7.99. The molecule has 1 unspecified atom stereocenters. The number of aromatic carboxylic acids is 1. The molecule has 1 aromatic carbocycles. The van der Waals surface area contributed by atoms with E-state index in [0.29, 0.717) is 13.1 Å². The number of rotatable bonds is 9. The number of benzene rings is 1. The fourth-order valence-electron chi connectivity index (χ4n) is 3.12. The van der Waals surface area contributed by atoms with Gasteiger partial charge in [-0.1, -0.05) is 6.07 Å². The van der Waals surface area contributed by atoms with E-state index in [4.69, 9.17) is 4.74 Å². The van der Waals surface area contributed by atoms with Crippen LogP contribution in [0.4, 0.5) is 0 Å². The van der Waals surface area contributed by atoms with Crippen LogP contribution in [-0.2, 0) is 11.2 Å². The number of phenols is 1. The quantitative estimate of drug-likeness (QED) is 0.342. The molecule has 1 aliphatic rings. The van der Waals surface area contributed by atoms with Gasteiger partial charge in [-0.25, -0.2) is 4.79 Å². The number of carboxylic acid groups (broad SMARTS) is 1. The van der Waals surface area contributed by atoms with E-state index in [1.165, 1.54) is 19.2 Å². The van der Waals surface area contributed by atoms with E-state index in [-0.39, 0.29) is 41.0 Å². The van der Waals surface area contributed by atoms with Crippen LogP contribution < -0.4 is 10.1 Å². The molecule has 28 heavy (non-hydrogen) atoms. The molecule has 0 saturated carbocycles. The predicted octanol–water partition coefficient (Wildman–Crippen LogP) is -0.424. The molecule has 0 bridgehead atoms. The summed E-state index contributed by atoms with van der Waals surface area (Å²) >= 11 is 1.06. The molecule has 1 aliphatic heterocycles. The Labute approximate surface area is 167 Å². The first-order valence-electron chi connectivity index (χ1n) is 8.83. The lowest BCUT2D eigenvalue weighted by Gasteiger charge is -2.20. The highest BCUT2D eigenvalue weighted by molar-refractivity contribution is 8.01. The van der Waals surface area contributed by atoms with Crippen LogP contribution in [0, 0.1) is 0 Å². The molecule has 0 spiro atoms. The largest absolute Gasteiger partial charge is 0.507 e. The molecule has 154 valence electrons. The summed E-state index contributed by atoms with van der Waals surface area (Å²) in [5.41, 5.74) is -0.157. The maximum Gasteiger partial charge on any atom is 0.465 e. The van der Waals surface area contributed by atoms with Gasteiger partial charge in [0.15, 0.2) is 0 Å². The molecular weight excluding hydrogens is 387 g/mol. The molecule has 5 N–H and O–H groups in total. The van der Waals surface area contributed by atoms with Crippen LogP contribution in [-0.4, -0.2) is 88.3 Å². The maximum absolute atomic E-state index is 12.4. The smallest absolute Gasteiger partial charge is 0.465 e. The molecule has 11 heteroatoms. The van der Waals surface area contributed by atoms with Gasteiger partial charge in [0.25, 0.3) is 0 Å². The molecular formula is C17H25BN2O7S. The summed E-state index contributed by atoms with van der Waals surface area (Å²) in [7, 11) is 1.40. The van der Waals surface area contributed by atoms with Crippen molar-refractivity contribution in [1.29, 1.82) is 0 Å². The summed E-state index contributed by atoms with van der Waals surface area (Å²) in [6.07, 6.45) is 0.849. The summed E-state index contributed by atoms with van der Waals surface area (Å²) in [6.45, 7) is 1.27. The van der Waals surface area contributed by atoms with Crippen molar-refractivity contribution in [3.05, 3.63) is 23.3 Å². The molecule has 1 fully saturated rings. The monoisotopic (exact) mass is 412 g/mol. The molecule has 1 heterocycles. The van der Waals surface area contributed by atoms with Crippen LogP contribution in [0.2, 0.25) is 0 Å². The van der Waals surface area contributed by atoms with Gasteiger partial charge in [-0.3, -0.25) is 4.79 Å². The third-order valence-corrected chi connectivity index (χ3v) is 6.03. The molecule has 0 aliphatic carbocycles. The number of carboxylic acids is 1. The zero-order chi connectivity index (χ0) is 20.8. The van der Waals surface area contributed by atoms with Gasteiger partial charge in [-0.05, 0) is 31.5 Å². The van der Waals surface area contributed by atoms with Gasteiger partial charge in [0, 0.05) is 24.3 Å². The maximum atomic E-state index is 12.4. The number of likely N-dealkylation sites (tertiary alicyclic amines) is 1. The van der Waals surface area contributed by atoms with Crippen LogP contribution >= 0.6 is 11.8 Å². The van der Waals surface area contributed by atoms with E-state index in [1.807, 2.05) is 7.05 Å². The van der Waals surface area contributed by atoms with Gasteiger partial charge in [-0.15, -0.1) is 0 Å². The number of hydrogen-bond acceptors (Lipinski definition) is 8. The van der Waals surface area contributed by atoms with Crippen molar-refractivity contribution in [3.63, 3.8) is 0 Å². The lowest BCUT2D eigenvalue weighted by Crippen LogP contribution is -2.36. The van der Waals surface area contributed by atoms with Crippen LogP contribution in [0.15, 0.2) is 12.1 Å². The molecule has 0 aromatic heterocycles. The third kappa shape index (κ3) is 5.31. The second kappa shape index (κ2) is 10.0. The summed E-state index contributed by atoms with van der Waals surface area (Å²) < 4.78 is 4.95. The lowest BCUT2D eigenvalue weighted by atomic mass is 9.81. The molecule has 1 aromatic rings. The Balaban J connectivity index is 2.06. The number of hydrogen-bond donors (Lipinski definition) is 5. The third-order valence-electron chi connectivity index (χ3n) is 4.78. The van der Waals surface area contributed by atoms with Crippen molar-refractivity contribution < 1.29 is 34.6 Å². The van der Waals surface area contributed by atoms with Gasteiger partial charge in [-0.2, -0.15) is 11.8 Å². The molecule has 1 amide bonds. The molecule has 9 nitrogen and oxygen atoms in total. The van der Waals surface area contributed by atoms with Crippen molar-refractivity contribution in [1.82, 2.24) is 10.2 Å². The van der Waals surface area contributed by atoms with Crippen LogP contribution in [0.3, 0.4) is 0 Å². The fraction of sp³-hybridized carbons (Fsp3) is 0.529. The topological polar surface area (TPSA) is 140 Å². The Morgan fingerprint density at radius 2 is 2.14 bits per heavy atom. The van der Waals surface area contributed by atoms with E-state index in [9.17, 15) is 29.9 Å². The number of thioether (sulfide) groups is 1. The zero-order valence-electron chi connectivity index (χ0n) is 15.8. The normalized spacial score (nSPS) is 17.4. The van der Waals surface area contributed by atoms with E-state index in [1.54, 1.807) is 4.90 Å². The minimum Gasteiger partial charge on any atom is -0.507 e. The van der Waals surface area contributed by atoms with Crippen molar-refractivity contribution >= 4 is 30.8 Å². The van der Waals surface area contributed by atoms with Gasteiger partial charge >= 0.3 is 13.1 Å². The second-order valence-corrected chi connectivity index (χ2v) is 7.76. The van der Waals surface area contributed by atoms with Gasteiger partial charge in [0.05, 0.1) is 12.9 Å². The summed E-state index contributed by atoms with van der Waals surface area (Å²) in [6, 6.07) is 3.13. The van der Waals surface area contributed by atoms with E-state index >= 15 is 0 Å². The Bertz CT molecular complexity index is 719. The van der Waals surface area contributed by atoms with Gasteiger partial charge in [0.1, 0.15) is 17.1 Å². The minimum atomic E-state index is -1.74. The number of carbonyl (C=O) groups excluding carboxylic acids is 1. The number of aromatic hydroxyl groups is 1. The number of nitrogens with zero attached hydrogens (tertiary/aromatic N) is 1. The average molecular weight is 412 g/mol. The zero-order valence-corrected chi connectivity index (χ0v) is 16.6. The molecule has 0 radical (unpaired) electrons. The number of methoxy groups -OCH3 is 1. The molecule has 1 saturated heterocycles. The van der Waals surface area contributed by atoms with Crippen molar-refractivity contribution in [2.75, 3.05) is 33.0 Å². The number of nitrogens with one attached hydrogen (secondary N) is 1. The Morgan fingerprint density at radius 3 is 2.68 bits per heavy atom. The van der Waals surface area contributed by atoms with Crippen LogP contribution in [0.5, 0.6) is 11.5 Å². The molecule has 2 atom stereocenters. The first-order valence-corrected chi connectivity index (χ1v) is 9.88. The van der Waals surface area contributed by atoms with Crippen LogP contribution in [0.1, 0.15) is 22.3 Å². The summed E-state index contributed by atoms with van der Waals surface area (Å²) in [5, 5.41) is 41.3. The fourth-order valence-corrected chi connectivity index (χ4v) is 4.13. The van der Waals surface area contributed by atoms with Gasteiger partial charge < -0.3 is 35.2 Å². The predicted molar refractivity (Wildman–Crippen MR) is 106 cm³/mol. The van der Waals surface area contributed by atoms with Crippen molar-refractivity contribution in [3.8, 4) is 11.5 Å². The highest BCUT2D eigenvalue weighted by Gasteiger charge is 2.30. The number of ether oxygens (including phenoxy) is 1. The standard InChI is InChI=1S/C17H25BN2O7S/c1-19-11-5-6-20(8-11)14(21)9-28-13(18(25)26)7-10-3-4-12(27-2)15(16(10)22)17(23)24/h3-4,11,13,19,22,25-26H,5-9H2,1-2H3,(H,23,24)/t11?,13-/m0/s1. The summed E-state index contributed by atoms with van der Waals surface area (Å²) in [4.78, 5) is 25.5. The van der Waals surface area contributed by atoms with Crippen molar-refractivity contribution in [2.45, 2.75) is 24.0 Å². The Hall–Kier alpha value is -1.95. The first-order chi connectivity index (χ1) is 13.3. The summed E-state index contributed by atoms with van der Waals surface area (Å²) in [5.74, 6) is -1.88. The second-order valence-electron chi connectivity index (χ2n) is 6.54.